The van der Waals surface area contributed by atoms with E-state index in [1.807, 2.05) is 4.90 Å². The molecule has 1 aromatic heterocycles. The number of sulfonamides is 1. The van der Waals surface area contributed by atoms with Crippen molar-refractivity contribution in [3.8, 4) is 0 Å². The summed E-state index contributed by atoms with van der Waals surface area (Å²) in [5, 5.41) is 7.20. The molecule has 0 saturated carbocycles. The Morgan fingerprint density at radius 1 is 1.38 bits per heavy atom. The van der Waals surface area contributed by atoms with Crippen LogP contribution in [0.5, 0.6) is 0 Å². The molecule has 3 unspecified atom stereocenters. The van der Waals surface area contributed by atoms with Gasteiger partial charge in [-0.05, 0) is 32.7 Å². The molecule has 2 aliphatic heterocycles. The molecule has 0 radical (unpaired) electrons. The molecule has 0 aliphatic carbocycles. The Kier molecular flexibility index (Phi) is 5.90. The first-order chi connectivity index (χ1) is 10.9. The van der Waals surface area contributed by atoms with E-state index in [-0.39, 0.29) is 35.3 Å². The molecule has 2 saturated heterocycles. The Morgan fingerprint density at radius 2 is 2.08 bits per heavy atom. The average Bonchev–Trinajstić information content (AvgIpc) is 3.01. The van der Waals surface area contributed by atoms with Gasteiger partial charge in [0, 0.05) is 31.9 Å². The number of halogens is 1. The minimum Gasteiger partial charge on any atom is -0.334 e. The van der Waals surface area contributed by atoms with Crippen molar-refractivity contribution in [1.82, 2.24) is 24.7 Å². The Balaban J connectivity index is 0.00000208. The predicted octanol–water partition coefficient (Wildman–Crippen LogP) is -0.138. The molecular weight excluding hydrogens is 354 g/mol. The van der Waals surface area contributed by atoms with Crippen molar-refractivity contribution < 1.29 is 13.2 Å². The number of aryl methyl sites for hydroxylation is 1. The maximum absolute atomic E-state index is 12.8. The highest BCUT2D eigenvalue weighted by molar-refractivity contribution is 7.89. The van der Waals surface area contributed by atoms with Gasteiger partial charge in [-0.2, -0.15) is 9.82 Å². The van der Waals surface area contributed by atoms with E-state index in [1.165, 1.54) is 17.1 Å². The number of amides is 1. The fourth-order valence-electron chi connectivity index (χ4n) is 3.45. The molecule has 2 aliphatic rings. The first kappa shape index (κ1) is 19.2. The summed E-state index contributed by atoms with van der Waals surface area (Å²) in [5.74, 6) is -0.145. The summed E-state index contributed by atoms with van der Waals surface area (Å²) in [4.78, 5) is 14.7. The second-order valence-electron chi connectivity index (χ2n) is 6.32. The van der Waals surface area contributed by atoms with Gasteiger partial charge in [-0.1, -0.05) is 0 Å². The molecule has 24 heavy (non-hydrogen) atoms. The summed E-state index contributed by atoms with van der Waals surface area (Å²) in [7, 11) is -2.09. The van der Waals surface area contributed by atoms with Crippen molar-refractivity contribution in [3.05, 3.63) is 12.4 Å². The highest BCUT2D eigenvalue weighted by Gasteiger charge is 2.40. The number of nitrogens with zero attached hydrogens (tertiary/aromatic N) is 3. The number of hydrogen-bond donors (Lipinski definition) is 2. The van der Waals surface area contributed by atoms with Gasteiger partial charge in [-0.3, -0.25) is 9.48 Å². The first-order valence-corrected chi connectivity index (χ1v) is 9.40. The Labute approximate surface area is 148 Å². The molecule has 8 nitrogen and oxygen atoms in total. The second-order valence-corrected chi connectivity index (χ2v) is 8.03. The maximum Gasteiger partial charge on any atom is 0.244 e. The third-order valence-electron chi connectivity index (χ3n) is 4.60. The van der Waals surface area contributed by atoms with Crippen LogP contribution in [0.4, 0.5) is 0 Å². The molecule has 3 atom stereocenters. The molecule has 10 heteroatoms. The van der Waals surface area contributed by atoms with Crippen molar-refractivity contribution >= 4 is 28.3 Å². The lowest BCUT2D eigenvalue weighted by Crippen LogP contribution is -2.51. The van der Waals surface area contributed by atoms with Crippen LogP contribution < -0.4 is 10.0 Å². The number of hydrogen-bond acceptors (Lipinski definition) is 5. The lowest BCUT2D eigenvalue weighted by molar-refractivity contribution is -0.135. The van der Waals surface area contributed by atoms with Gasteiger partial charge in [0.2, 0.25) is 15.9 Å². The van der Waals surface area contributed by atoms with Gasteiger partial charge < -0.3 is 10.2 Å². The minimum atomic E-state index is -3.74. The molecule has 3 rings (SSSR count). The molecule has 3 heterocycles. The average molecular weight is 378 g/mol. The highest BCUT2D eigenvalue weighted by atomic mass is 35.5. The van der Waals surface area contributed by atoms with Crippen molar-refractivity contribution in [2.75, 3.05) is 13.1 Å². The monoisotopic (exact) mass is 377 g/mol. The summed E-state index contributed by atoms with van der Waals surface area (Å²) in [6.07, 6.45) is 5.59. The fourth-order valence-corrected chi connectivity index (χ4v) is 4.63. The number of aromatic nitrogens is 2. The molecule has 1 amide bonds. The van der Waals surface area contributed by atoms with Crippen LogP contribution in [0.1, 0.15) is 26.2 Å². The molecule has 2 fully saturated rings. The summed E-state index contributed by atoms with van der Waals surface area (Å²) >= 11 is 0. The number of nitrogens with one attached hydrogen (secondary N) is 2. The molecule has 0 spiro atoms. The van der Waals surface area contributed by atoms with Crippen molar-refractivity contribution in [2.24, 2.45) is 7.05 Å². The van der Waals surface area contributed by atoms with Crippen molar-refractivity contribution in [1.29, 1.82) is 0 Å². The predicted molar refractivity (Wildman–Crippen MR) is 91.4 cm³/mol. The minimum absolute atomic E-state index is 0. The summed E-state index contributed by atoms with van der Waals surface area (Å²) in [6, 6.07) is -0.408. The van der Waals surface area contributed by atoms with Crippen LogP contribution in [-0.2, 0) is 21.9 Å². The lowest BCUT2D eigenvalue weighted by Gasteiger charge is -2.30. The Bertz CT molecular complexity index is 678. The van der Waals surface area contributed by atoms with E-state index in [1.54, 1.807) is 14.0 Å². The van der Waals surface area contributed by atoms with E-state index < -0.39 is 16.1 Å². The van der Waals surface area contributed by atoms with Crippen LogP contribution >= 0.6 is 12.4 Å². The van der Waals surface area contributed by atoms with Gasteiger partial charge in [0.1, 0.15) is 4.90 Å². The zero-order valence-corrected chi connectivity index (χ0v) is 15.4. The molecule has 1 aromatic rings. The van der Waals surface area contributed by atoms with Gasteiger partial charge in [0.25, 0.3) is 0 Å². The quantitative estimate of drug-likeness (QED) is 0.761. The van der Waals surface area contributed by atoms with Crippen LogP contribution in [0.2, 0.25) is 0 Å². The van der Waals surface area contributed by atoms with Gasteiger partial charge >= 0.3 is 0 Å². The van der Waals surface area contributed by atoms with Crippen LogP contribution in [0.3, 0.4) is 0 Å². The van der Waals surface area contributed by atoms with E-state index in [9.17, 15) is 13.2 Å². The fraction of sp³-hybridized carbons (Fsp3) is 0.714. The number of carbonyl (C=O) groups excluding carboxylic acids is 1. The summed E-state index contributed by atoms with van der Waals surface area (Å²) in [5.41, 5.74) is 0. The van der Waals surface area contributed by atoms with Gasteiger partial charge in [-0.25, -0.2) is 8.42 Å². The summed E-state index contributed by atoms with van der Waals surface area (Å²) in [6.45, 7) is 3.29. The second kappa shape index (κ2) is 7.38. The van der Waals surface area contributed by atoms with Crippen LogP contribution in [0.25, 0.3) is 0 Å². The third kappa shape index (κ3) is 3.74. The number of carbonyl (C=O) groups is 1. The highest BCUT2D eigenvalue weighted by Crippen LogP contribution is 2.28. The Hall–Kier alpha value is -1.16. The van der Waals surface area contributed by atoms with Crippen molar-refractivity contribution in [2.45, 2.75) is 49.2 Å². The molecular formula is C14H24ClN5O3S. The molecule has 2 N–H and O–H groups in total. The number of fused-ring (bicyclic) bond motifs is 2. The van der Waals surface area contributed by atoms with Crippen LogP contribution in [0, 0.1) is 0 Å². The lowest BCUT2D eigenvalue weighted by atomic mass is 10.1. The van der Waals surface area contributed by atoms with E-state index in [2.05, 4.69) is 15.1 Å². The largest absolute Gasteiger partial charge is 0.334 e. The zero-order valence-electron chi connectivity index (χ0n) is 13.8. The topological polar surface area (TPSA) is 96.3 Å². The molecule has 2 bridgehead atoms. The SMILES string of the molecule is CC(NS(=O)(=O)c1cnn(C)c1)C(=O)N1C2CCNCC1CC2.Cl. The molecule has 0 aromatic carbocycles. The standard InChI is InChI=1S/C14H23N5O3S.ClH/c1-10(17-23(21,22)13-8-16-18(2)9-13)14(20)19-11-3-4-12(19)7-15-6-5-11;/h8-12,15,17H,3-7H2,1-2H3;1H. The number of rotatable bonds is 4. The smallest absolute Gasteiger partial charge is 0.244 e. The first-order valence-electron chi connectivity index (χ1n) is 7.92. The molecule has 136 valence electrons. The normalized spacial score (nSPS) is 25.0. The van der Waals surface area contributed by atoms with Gasteiger partial charge in [0.15, 0.2) is 0 Å². The zero-order chi connectivity index (χ0) is 16.6. The van der Waals surface area contributed by atoms with E-state index in [0.717, 1.165) is 32.4 Å². The van der Waals surface area contributed by atoms with Gasteiger partial charge in [0.05, 0.1) is 12.2 Å². The van der Waals surface area contributed by atoms with E-state index >= 15 is 0 Å². The summed E-state index contributed by atoms with van der Waals surface area (Å²) < 4.78 is 28.6. The van der Waals surface area contributed by atoms with Crippen LogP contribution in [-0.4, -0.2) is 60.2 Å². The van der Waals surface area contributed by atoms with Gasteiger partial charge in [-0.15, -0.1) is 12.4 Å². The van der Waals surface area contributed by atoms with Crippen LogP contribution in [0.15, 0.2) is 17.3 Å². The van der Waals surface area contributed by atoms with E-state index in [0.29, 0.717) is 0 Å². The maximum atomic E-state index is 12.8. The third-order valence-corrected chi connectivity index (χ3v) is 6.10. The Morgan fingerprint density at radius 3 is 2.75 bits per heavy atom. The van der Waals surface area contributed by atoms with E-state index in [4.69, 9.17) is 0 Å². The van der Waals surface area contributed by atoms with Crippen molar-refractivity contribution in [3.63, 3.8) is 0 Å².